The highest BCUT2D eigenvalue weighted by Gasteiger charge is 2.20. The Hall–Kier alpha value is -1.86. The molecule has 1 aliphatic rings. The molecule has 2 aromatic heterocycles. The zero-order chi connectivity index (χ0) is 13.4. The lowest BCUT2D eigenvalue weighted by molar-refractivity contribution is 0.0997. The van der Waals surface area contributed by atoms with E-state index in [9.17, 15) is 4.79 Å². The van der Waals surface area contributed by atoms with Gasteiger partial charge in [0.15, 0.2) is 16.8 Å². The highest BCUT2D eigenvalue weighted by molar-refractivity contribution is 7.15. The summed E-state index contributed by atoms with van der Waals surface area (Å²) >= 11 is 1.51. The predicted octanol–water partition coefficient (Wildman–Crippen LogP) is 1.56. The first-order valence-corrected chi connectivity index (χ1v) is 6.77. The lowest BCUT2D eigenvalue weighted by Crippen LogP contribution is -2.25. The number of hydrogen-bond acceptors (Lipinski definition) is 6. The number of nitrogens with one attached hydrogen (secondary N) is 1. The van der Waals surface area contributed by atoms with Gasteiger partial charge in [-0.2, -0.15) is 0 Å². The van der Waals surface area contributed by atoms with Gasteiger partial charge in [0, 0.05) is 30.5 Å². The fourth-order valence-electron chi connectivity index (χ4n) is 2.01. The van der Waals surface area contributed by atoms with Gasteiger partial charge < -0.3 is 15.1 Å². The molecule has 7 heteroatoms. The van der Waals surface area contributed by atoms with Crippen LogP contribution in [0.4, 0.5) is 11.0 Å². The molecule has 0 bridgehead atoms. The first-order chi connectivity index (χ1) is 9.11. The second-order valence-corrected chi connectivity index (χ2v) is 5.62. The molecule has 0 radical (unpaired) electrons. The van der Waals surface area contributed by atoms with E-state index in [1.165, 1.54) is 16.2 Å². The molecule has 1 amide bonds. The zero-order valence-corrected chi connectivity index (χ0v) is 11.3. The molecule has 0 aliphatic carbocycles. The number of nitrogens with two attached hydrogens (primary N) is 1. The van der Waals surface area contributed by atoms with Crippen molar-refractivity contribution >= 4 is 28.3 Å². The predicted molar refractivity (Wildman–Crippen MR) is 73.2 cm³/mol. The molecular formula is C12H14N4O2S. The molecule has 0 atom stereocenters. The summed E-state index contributed by atoms with van der Waals surface area (Å²) in [7, 11) is 2.08. The van der Waals surface area contributed by atoms with E-state index >= 15 is 0 Å². The number of aromatic nitrogens is 1. The van der Waals surface area contributed by atoms with E-state index in [2.05, 4.69) is 22.2 Å². The lowest BCUT2D eigenvalue weighted by atomic mass is 10.2. The second kappa shape index (κ2) is 4.67. The van der Waals surface area contributed by atoms with Crippen molar-refractivity contribution in [3.8, 4) is 0 Å². The van der Waals surface area contributed by atoms with E-state index in [4.69, 9.17) is 10.2 Å². The van der Waals surface area contributed by atoms with Gasteiger partial charge in [0.2, 0.25) is 0 Å². The van der Waals surface area contributed by atoms with Crippen LogP contribution in [0, 0.1) is 0 Å². The molecule has 100 valence electrons. The monoisotopic (exact) mass is 278 g/mol. The van der Waals surface area contributed by atoms with E-state index < -0.39 is 0 Å². The molecule has 0 aromatic carbocycles. The summed E-state index contributed by atoms with van der Waals surface area (Å²) in [5.41, 5.74) is 6.52. The number of carbonyl (C=O) groups excluding carboxylic acids is 1. The van der Waals surface area contributed by atoms with Crippen LogP contribution in [0.3, 0.4) is 0 Å². The maximum absolute atomic E-state index is 11.9. The third-order valence-electron chi connectivity index (χ3n) is 2.99. The number of carbonyl (C=O) groups is 1. The first kappa shape index (κ1) is 12.2. The Morgan fingerprint density at radius 3 is 3.16 bits per heavy atom. The van der Waals surface area contributed by atoms with Crippen molar-refractivity contribution < 1.29 is 9.21 Å². The van der Waals surface area contributed by atoms with Crippen molar-refractivity contribution in [3.63, 3.8) is 0 Å². The second-order valence-electron chi connectivity index (χ2n) is 4.53. The van der Waals surface area contributed by atoms with Crippen molar-refractivity contribution in [2.24, 2.45) is 0 Å². The molecule has 6 nitrogen and oxygen atoms in total. The van der Waals surface area contributed by atoms with Crippen molar-refractivity contribution in [2.45, 2.75) is 13.0 Å². The number of amides is 1. The van der Waals surface area contributed by atoms with Crippen LogP contribution in [0.5, 0.6) is 0 Å². The normalized spacial score (nSPS) is 15.2. The van der Waals surface area contributed by atoms with E-state index in [0.29, 0.717) is 5.13 Å². The van der Waals surface area contributed by atoms with Crippen molar-refractivity contribution in [2.75, 3.05) is 24.6 Å². The molecular weight excluding hydrogens is 264 g/mol. The lowest BCUT2D eigenvalue weighted by Gasteiger charge is -2.20. The SMILES string of the molecule is CN1CCc2nc(NC(=O)c3ccc(N)o3)sc2C1. The maximum Gasteiger partial charge on any atom is 0.293 e. The molecule has 0 saturated carbocycles. The minimum absolute atomic E-state index is 0.197. The fourth-order valence-corrected chi connectivity index (χ4v) is 3.09. The molecule has 19 heavy (non-hydrogen) atoms. The van der Waals surface area contributed by atoms with Crippen molar-refractivity contribution in [1.82, 2.24) is 9.88 Å². The summed E-state index contributed by atoms with van der Waals surface area (Å²) < 4.78 is 5.07. The number of hydrogen-bond donors (Lipinski definition) is 2. The number of nitrogens with zero attached hydrogens (tertiary/aromatic N) is 2. The zero-order valence-electron chi connectivity index (χ0n) is 10.5. The Labute approximate surface area is 114 Å². The van der Waals surface area contributed by atoms with E-state index in [0.717, 1.165) is 25.2 Å². The molecule has 0 spiro atoms. The third kappa shape index (κ3) is 2.47. The fraction of sp³-hybridized carbons (Fsp3) is 0.333. The highest BCUT2D eigenvalue weighted by Crippen LogP contribution is 2.28. The molecule has 0 unspecified atom stereocenters. The third-order valence-corrected chi connectivity index (χ3v) is 3.99. The van der Waals surface area contributed by atoms with Gasteiger partial charge in [-0.15, -0.1) is 11.3 Å². The number of likely N-dealkylation sites (N-methyl/N-ethyl adjacent to an activating group) is 1. The number of thiazole rings is 1. The minimum Gasteiger partial charge on any atom is -0.436 e. The summed E-state index contributed by atoms with van der Waals surface area (Å²) in [6.45, 7) is 1.88. The number of anilines is 2. The van der Waals surface area contributed by atoms with Crippen molar-refractivity contribution in [3.05, 3.63) is 28.5 Å². The van der Waals surface area contributed by atoms with E-state index in [1.807, 2.05) is 0 Å². The molecule has 0 saturated heterocycles. The Balaban J connectivity index is 1.75. The van der Waals surface area contributed by atoms with Crippen LogP contribution in [0.2, 0.25) is 0 Å². The number of fused-ring (bicyclic) bond motifs is 1. The van der Waals surface area contributed by atoms with Gasteiger partial charge in [0.25, 0.3) is 5.91 Å². The Kier molecular flexibility index (Phi) is 3.00. The summed E-state index contributed by atoms with van der Waals surface area (Å²) in [5, 5.41) is 3.36. The van der Waals surface area contributed by atoms with Crippen LogP contribution in [0.1, 0.15) is 21.1 Å². The summed E-state index contributed by atoms with van der Waals surface area (Å²) in [5.74, 6) is 0.101. The van der Waals surface area contributed by atoms with Crippen LogP contribution in [0.15, 0.2) is 16.5 Å². The molecule has 3 heterocycles. The van der Waals surface area contributed by atoms with Gasteiger partial charge in [0.05, 0.1) is 5.69 Å². The average Bonchev–Trinajstić information content (AvgIpc) is 2.94. The highest BCUT2D eigenvalue weighted by atomic mass is 32.1. The summed E-state index contributed by atoms with van der Waals surface area (Å²) in [4.78, 5) is 19.8. The van der Waals surface area contributed by atoms with Crippen LogP contribution in [0.25, 0.3) is 0 Å². The van der Waals surface area contributed by atoms with Crippen LogP contribution in [-0.2, 0) is 13.0 Å². The molecule has 0 fully saturated rings. The van der Waals surface area contributed by atoms with Crippen LogP contribution < -0.4 is 11.1 Å². The van der Waals surface area contributed by atoms with Gasteiger partial charge in [-0.25, -0.2) is 4.98 Å². The van der Waals surface area contributed by atoms with Gasteiger partial charge in [-0.05, 0) is 13.1 Å². The molecule has 3 N–H and O–H groups in total. The molecule has 3 rings (SSSR count). The van der Waals surface area contributed by atoms with Crippen molar-refractivity contribution in [1.29, 1.82) is 0 Å². The largest absolute Gasteiger partial charge is 0.436 e. The van der Waals surface area contributed by atoms with E-state index in [-0.39, 0.29) is 17.6 Å². The van der Waals surface area contributed by atoms with E-state index in [1.54, 1.807) is 12.1 Å². The standard InChI is InChI=1S/C12H14N4O2S/c1-16-5-4-7-9(6-16)19-12(14-7)15-11(17)8-2-3-10(13)18-8/h2-3H,4-6,13H2,1H3,(H,14,15,17). The van der Waals surface area contributed by atoms with Gasteiger partial charge in [0.1, 0.15) is 0 Å². The number of furan rings is 1. The minimum atomic E-state index is -0.323. The number of rotatable bonds is 2. The summed E-state index contributed by atoms with van der Waals surface area (Å²) in [6.07, 6.45) is 0.923. The van der Waals surface area contributed by atoms with Gasteiger partial charge >= 0.3 is 0 Å². The molecule has 1 aliphatic heterocycles. The molecule has 2 aromatic rings. The number of nitrogen functional groups attached to an aromatic ring is 1. The topological polar surface area (TPSA) is 84.4 Å². The smallest absolute Gasteiger partial charge is 0.293 e. The Bertz CT molecular complexity index is 619. The Morgan fingerprint density at radius 2 is 2.42 bits per heavy atom. The quantitative estimate of drug-likeness (QED) is 0.871. The first-order valence-electron chi connectivity index (χ1n) is 5.95. The average molecular weight is 278 g/mol. The Morgan fingerprint density at radius 1 is 1.58 bits per heavy atom. The summed E-state index contributed by atoms with van der Waals surface area (Å²) in [6, 6.07) is 3.10. The van der Waals surface area contributed by atoms with Crippen LogP contribution >= 0.6 is 11.3 Å². The maximum atomic E-state index is 11.9. The van der Waals surface area contributed by atoms with Gasteiger partial charge in [-0.1, -0.05) is 0 Å². The van der Waals surface area contributed by atoms with Gasteiger partial charge in [-0.3, -0.25) is 10.1 Å². The van der Waals surface area contributed by atoms with Crippen LogP contribution in [-0.4, -0.2) is 29.4 Å².